The Bertz CT molecular complexity index is 1060. The van der Waals surface area contributed by atoms with Crippen LogP contribution in [0.1, 0.15) is 32.4 Å². The Hall–Kier alpha value is -3.80. The first-order chi connectivity index (χ1) is 14.1. The van der Waals surface area contributed by atoms with Crippen molar-refractivity contribution in [2.45, 2.75) is 6.17 Å². The Labute approximate surface area is 168 Å². The zero-order valence-electron chi connectivity index (χ0n) is 16.1. The van der Waals surface area contributed by atoms with Gasteiger partial charge in [0.2, 0.25) is 0 Å². The lowest BCUT2D eigenvalue weighted by atomic mass is 10.0. The Morgan fingerprint density at radius 2 is 1.62 bits per heavy atom. The van der Waals surface area contributed by atoms with E-state index in [1.165, 1.54) is 7.11 Å². The second-order valence-electron chi connectivity index (χ2n) is 6.55. The third-order valence-corrected chi connectivity index (χ3v) is 4.92. The summed E-state index contributed by atoms with van der Waals surface area (Å²) in [4.78, 5) is 26.9. The molecule has 0 bridgehead atoms. The molecule has 29 heavy (non-hydrogen) atoms. The summed E-state index contributed by atoms with van der Waals surface area (Å²) in [6, 6.07) is 21.8. The number of fused-ring (bicyclic) bond motifs is 1. The highest BCUT2D eigenvalue weighted by Crippen LogP contribution is 2.40. The van der Waals surface area contributed by atoms with Crippen LogP contribution in [0.3, 0.4) is 0 Å². The fourth-order valence-corrected chi connectivity index (χ4v) is 3.48. The number of ether oxygens (including phenoxy) is 2. The zero-order chi connectivity index (χ0) is 20.4. The summed E-state index contributed by atoms with van der Waals surface area (Å²) in [6.07, 6.45) is -0.472. The molecule has 1 aliphatic heterocycles. The number of carbonyl (C=O) groups excluding carboxylic acids is 2. The lowest BCUT2D eigenvalue weighted by molar-refractivity contribution is 0.0600. The van der Waals surface area contributed by atoms with E-state index in [1.54, 1.807) is 30.2 Å². The van der Waals surface area contributed by atoms with Gasteiger partial charge in [-0.05, 0) is 42.0 Å². The smallest absolute Gasteiger partial charge is 0.337 e. The summed E-state index contributed by atoms with van der Waals surface area (Å²) in [6.45, 7) is 0. The highest BCUT2D eigenvalue weighted by Gasteiger charge is 2.35. The molecule has 0 spiro atoms. The Morgan fingerprint density at radius 1 is 0.931 bits per heavy atom. The van der Waals surface area contributed by atoms with Gasteiger partial charge in [-0.3, -0.25) is 9.69 Å². The monoisotopic (exact) mass is 388 g/mol. The van der Waals surface area contributed by atoms with Crippen LogP contribution in [-0.2, 0) is 4.74 Å². The number of hydrogen-bond donors (Lipinski definition) is 1. The molecule has 0 fully saturated rings. The molecule has 3 aromatic carbocycles. The van der Waals surface area contributed by atoms with E-state index in [1.807, 2.05) is 54.6 Å². The van der Waals surface area contributed by atoms with Crippen molar-refractivity contribution in [2.24, 2.45) is 0 Å². The number of nitrogens with one attached hydrogen (secondary N) is 1. The second-order valence-corrected chi connectivity index (χ2v) is 6.55. The van der Waals surface area contributed by atoms with E-state index >= 15 is 0 Å². The minimum Gasteiger partial charge on any atom is -0.495 e. The van der Waals surface area contributed by atoms with Crippen LogP contribution in [-0.4, -0.2) is 26.1 Å². The Morgan fingerprint density at radius 3 is 2.34 bits per heavy atom. The predicted molar refractivity (Wildman–Crippen MR) is 110 cm³/mol. The molecule has 0 aromatic heterocycles. The molecule has 1 atom stereocenters. The summed E-state index contributed by atoms with van der Waals surface area (Å²) in [5, 5.41) is 3.44. The summed E-state index contributed by atoms with van der Waals surface area (Å²) >= 11 is 0. The topological polar surface area (TPSA) is 67.9 Å². The predicted octanol–water partition coefficient (Wildman–Crippen LogP) is 4.25. The van der Waals surface area contributed by atoms with E-state index in [4.69, 9.17) is 9.47 Å². The van der Waals surface area contributed by atoms with Gasteiger partial charge in [-0.25, -0.2) is 4.79 Å². The first kappa shape index (κ1) is 18.6. The molecular weight excluding hydrogens is 368 g/mol. The van der Waals surface area contributed by atoms with Crippen LogP contribution in [0.2, 0.25) is 0 Å². The van der Waals surface area contributed by atoms with Gasteiger partial charge < -0.3 is 14.8 Å². The van der Waals surface area contributed by atoms with Gasteiger partial charge in [0.05, 0.1) is 31.0 Å². The van der Waals surface area contributed by atoms with Crippen LogP contribution >= 0.6 is 0 Å². The maximum absolute atomic E-state index is 13.4. The molecule has 0 radical (unpaired) electrons. The van der Waals surface area contributed by atoms with Crippen LogP contribution in [0.25, 0.3) is 0 Å². The molecule has 0 aliphatic carbocycles. The quantitative estimate of drug-likeness (QED) is 0.677. The van der Waals surface area contributed by atoms with Crippen molar-refractivity contribution in [1.82, 2.24) is 0 Å². The van der Waals surface area contributed by atoms with Gasteiger partial charge in [-0.15, -0.1) is 0 Å². The van der Waals surface area contributed by atoms with Crippen LogP contribution in [0.4, 0.5) is 11.4 Å². The van der Waals surface area contributed by atoms with E-state index < -0.39 is 12.1 Å². The van der Waals surface area contributed by atoms with E-state index in [0.29, 0.717) is 22.6 Å². The average molecular weight is 388 g/mol. The standard InChI is InChI=1S/C23H20N2O4/c1-28-20-10-6-5-9-19(20)25-21(15-11-13-16(14-12-15)23(27)29-2)24-18-8-4-3-7-17(18)22(25)26/h3-14,21,24H,1-2H3. The fourth-order valence-electron chi connectivity index (χ4n) is 3.48. The number of esters is 1. The summed E-state index contributed by atoms with van der Waals surface area (Å²) in [5.41, 5.74) is 3.27. The number of carbonyl (C=O) groups is 2. The third kappa shape index (κ3) is 3.29. The van der Waals surface area contributed by atoms with Crippen molar-refractivity contribution >= 4 is 23.3 Å². The SMILES string of the molecule is COC(=O)c1ccc(C2Nc3ccccc3C(=O)N2c2ccccc2OC)cc1. The Kier molecular flexibility index (Phi) is 4.91. The maximum atomic E-state index is 13.4. The van der Waals surface area contributed by atoms with Crippen molar-refractivity contribution < 1.29 is 19.1 Å². The van der Waals surface area contributed by atoms with Gasteiger partial charge in [0.1, 0.15) is 11.9 Å². The molecule has 0 saturated heterocycles. The first-order valence-corrected chi connectivity index (χ1v) is 9.14. The average Bonchev–Trinajstić information content (AvgIpc) is 2.78. The molecule has 1 amide bonds. The number of para-hydroxylation sites is 3. The highest BCUT2D eigenvalue weighted by molar-refractivity contribution is 6.12. The summed E-state index contributed by atoms with van der Waals surface area (Å²) < 4.78 is 10.3. The van der Waals surface area contributed by atoms with Gasteiger partial charge in [-0.2, -0.15) is 0 Å². The minimum absolute atomic E-state index is 0.133. The number of methoxy groups -OCH3 is 2. The molecule has 0 saturated carbocycles. The summed E-state index contributed by atoms with van der Waals surface area (Å²) in [7, 11) is 2.92. The van der Waals surface area contributed by atoms with E-state index in [-0.39, 0.29) is 5.91 Å². The minimum atomic E-state index is -0.472. The number of rotatable bonds is 4. The van der Waals surface area contributed by atoms with Crippen molar-refractivity contribution in [3.8, 4) is 5.75 Å². The lowest BCUT2D eigenvalue weighted by Gasteiger charge is -2.38. The van der Waals surface area contributed by atoms with Crippen LogP contribution in [0.5, 0.6) is 5.75 Å². The van der Waals surface area contributed by atoms with Crippen LogP contribution < -0.4 is 15.0 Å². The zero-order valence-corrected chi connectivity index (χ0v) is 16.1. The van der Waals surface area contributed by atoms with Crippen LogP contribution in [0, 0.1) is 0 Å². The lowest BCUT2D eigenvalue weighted by Crippen LogP contribution is -2.43. The maximum Gasteiger partial charge on any atom is 0.337 e. The molecule has 6 heteroatoms. The largest absolute Gasteiger partial charge is 0.495 e. The van der Waals surface area contributed by atoms with Gasteiger partial charge >= 0.3 is 5.97 Å². The number of benzene rings is 3. The second kappa shape index (κ2) is 7.67. The molecule has 1 N–H and O–H groups in total. The number of hydrogen-bond acceptors (Lipinski definition) is 5. The van der Waals surface area contributed by atoms with E-state index in [2.05, 4.69) is 5.32 Å². The number of anilines is 2. The van der Waals surface area contributed by atoms with Crippen LogP contribution in [0.15, 0.2) is 72.8 Å². The van der Waals surface area contributed by atoms with Crippen molar-refractivity contribution in [3.63, 3.8) is 0 Å². The third-order valence-electron chi connectivity index (χ3n) is 4.92. The van der Waals surface area contributed by atoms with Crippen molar-refractivity contribution in [3.05, 3.63) is 89.5 Å². The highest BCUT2D eigenvalue weighted by atomic mass is 16.5. The Balaban J connectivity index is 1.83. The fraction of sp³-hybridized carbons (Fsp3) is 0.130. The molecule has 1 aliphatic rings. The normalized spacial score (nSPS) is 15.3. The van der Waals surface area contributed by atoms with E-state index in [9.17, 15) is 9.59 Å². The van der Waals surface area contributed by atoms with Gasteiger partial charge in [0.15, 0.2) is 0 Å². The van der Waals surface area contributed by atoms with Gasteiger partial charge in [0.25, 0.3) is 5.91 Å². The van der Waals surface area contributed by atoms with Gasteiger partial charge in [0, 0.05) is 5.69 Å². The van der Waals surface area contributed by atoms with Crippen molar-refractivity contribution in [2.75, 3.05) is 24.4 Å². The molecular formula is C23H20N2O4. The first-order valence-electron chi connectivity index (χ1n) is 9.14. The van der Waals surface area contributed by atoms with E-state index in [0.717, 1.165) is 11.3 Å². The number of amides is 1. The molecule has 6 nitrogen and oxygen atoms in total. The molecule has 3 aromatic rings. The van der Waals surface area contributed by atoms with Gasteiger partial charge in [-0.1, -0.05) is 36.4 Å². The molecule has 1 unspecified atom stereocenters. The molecule has 1 heterocycles. The molecule has 146 valence electrons. The van der Waals surface area contributed by atoms with Crippen molar-refractivity contribution in [1.29, 1.82) is 0 Å². The number of nitrogens with zero attached hydrogens (tertiary/aromatic N) is 1. The summed E-state index contributed by atoms with van der Waals surface area (Å²) in [5.74, 6) is 0.0558. The molecule has 4 rings (SSSR count).